The van der Waals surface area contributed by atoms with Gasteiger partial charge < -0.3 is 21.7 Å². The molecule has 0 spiro atoms. The van der Waals surface area contributed by atoms with Crippen LogP contribution in [0.4, 0.5) is 5.69 Å². The number of hydrogen-bond donors (Lipinski definition) is 5. The van der Waals surface area contributed by atoms with Crippen molar-refractivity contribution in [2.75, 3.05) is 24.2 Å². The van der Waals surface area contributed by atoms with Gasteiger partial charge in [0.05, 0.1) is 5.75 Å². The Labute approximate surface area is 176 Å². The van der Waals surface area contributed by atoms with Crippen LogP contribution in [0.1, 0.15) is 49.4 Å². The van der Waals surface area contributed by atoms with Gasteiger partial charge in [-0.3, -0.25) is 18.9 Å². The molecule has 0 radical (unpaired) electrons. The van der Waals surface area contributed by atoms with Crippen LogP contribution >= 0.6 is 0 Å². The summed E-state index contributed by atoms with van der Waals surface area (Å²) in [5, 5.41) is 8.36. The molecule has 10 nitrogen and oxygen atoms in total. The molecule has 11 heteroatoms. The molecule has 0 aliphatic rings. The number of anilines is 1. The standard InChI is InChI=1S/C19H30N4O6S/c1-2-11-21-15-8-6-14(7-9-15)19(26)22-12-4-3-5-16(18(20)25)23-17(24)10-13-30(27,28)29/h6-9,16,21H,2-5,10-13H2,1H3,(H2,20,25)(H,22,26)(H,23,24)(H,27,28,29). The molecule has 1 unspecified atom stereocenters. The molecular formula is C19H30N4O6S. The van der Waals surface area contributed by atoms with Crippen LogP contribution in [-0.4, -0.2) is 55.6 Å². The molecule has 0 saturated heterocycles. The molecular weight excluding hydrogens is 412 g/mol. The van der Waals surface area contributed by atoms with Gasteiger partial charge in [0.2, 0.25) is 11.8 Å². The molecule has 1 aromatic rings. The Morgan fingerprint density at radius 1 is 1.10 bits per heavy atom. The molecule has 0 aliphatic carbocycles. The summed E-state index contributed by atoms with van der Waals surface area (Å²) in [6.07, 6.45) is 1.86. The average Bonchev–Trinajstić information content (AvgIpc) is 2.69. The number of unbranched alkanes of at least 4 members (excludes halogenated alkanes) is 1. The van der Waals surface area contributed by atoms with E-state index >= 15 is 0 Å². The number of benzene rings is 1. The molecule has 0 bridgehead atoms. The number of nitrogens with one attached hydrogen (secondary N) is 3. The summed E-state index contributed by atoms with van der Waals surface area (Å²) in [5.41, 5.74) is 6.74. The van der Waals surface area contributed by atoms with Crippen LogP contribution in [-0.2, 0) is 19.7 Å². The van der Waals surface area contributed by atoms with Gasteiger partial charge in [-0.25, -0.2) is 0 Å². The van der Waals surface area contributed by atoms with E-state index in [2.05, 4.69) is 22.9 Å². The van der Waals surface area contributed by atoms with Crippen molar-refractivity contribution in [3.63, 3.8) is 0 Å². The average molecular weight is 443 g/mol. The van der Waals surface area contributed by atoms with Gasteiger partial charge >= 0.3 is 0 Å². The van der Waals surface area contributed by atoms with Gasteiger partial charge in [-0.2, -0.15) is 8.42 Å². The van der Waals surface area contributed by atoms with Gasteiger partial charge in [0, 0.05) is 30.8 Å². The van der Waals surface area contributed by atoms with Crippen LogP contribution in [0.2, 0.25) is 0 Å². The minimum Gasteiger partial charge on any atom is -0.385 e. The zero-order valence-corrected chi connectivity index (χ0v) is 17.8. The van der Waals surface area contributed by atoms with E-state index in [1.807, 2.05) is 12.1 Å². The summed E-state index contributed by atoms with van der Waals surface area (Å²) >= 11 is 0. The van der Waals surface area contributed by atoms with E-state index in [4.69, 9.17) is 10.3 Å². The van der Waals surface area contributed by atoms with Crippen molar-refractivity contribution >= 4 is 33.5 Å². The van der Waals surface area contributed by atoms with Crippen molar-refractivity contribution in [3.8, 4) is 0 Å². The second-order valence-electron chi connectivity index (χ2n) is 6.81. The highest BCUT2D eigenvalue weighted by Crippen LogP contribution is 2.09. The van der Waals surface area contributed by atoms with Crippen molar-refractivity contribution in [1.29, 1.82) is 0 Å². The van der Waals surface area contributed by atoms with Crippen LogP contribution in [0, 0.1) is 0 Å². The molecule has 1 rings (SSSR count). The summed E-state index contributed by atoms with van der Waals surface area (Å²) in [4.78, 5) is 35.3. The number of primary amides is 1. The molecule has 1 atom stereocenters. The molecule has 0 heterocycles. The van der Waals surface area contributed by atoms with Crippen LogP contribution in [0.15, 0.2) is 24.3 Å². The number of hydrogen-bond acceptors (Lipinski definition) is 6. The van der Waals surface area contributed by atoms with E-state index < -0.39 is 40.1 Å². The largest absolute Gasteiger partial charge is 0.385 e. The highest BCUT2D eigenvalue weighted by atomic mass is 32.2. The van der Waals surface area contributed by atoms with Crippen molar-refractivity contribution in [2.24, 2.45) is 5.73 Å². The van der Waals surface area contributed by atoms with Crippen molar-refractivity contribution in [2.45, 2.75) is 45.1 Å². The molecule has 168 valence electrons. The highest BCUT2D eigenvalue weighted by molar-refractivity contribution is 7.85. The Morgan fingerprint density at radius 3 is 2.33 bits per heavy atom. The fourth-order valence-corrected chi connectivity index (χ4v) is 3.00. The van der Waals surface area contributed by atoms with Crippen LogP contribution in [0.25, 0.3) is 0 Å². The predicted molar refractivity (Wildman–Crippen MR) is 114 cm³/mol. The Balaban J connectivity index is 2.33. The number of amides is 3. The third-order valence-corrected chi connectivity index (χ3v) is 4.92. The van der Waals surface area contributed by atoms with E-state index in [0.29, 0.717) is 24.9 Å². The van der Waals surface area contributed by atoms with E-state index in [9.17, 15) is 22.8 Å². The molecule has 1 aromatic carbocycles. The zero-order chi connectivity index (χ0) is 22.6. The molecule has 3 amide bonds. The van der Waals surface area contributed by atoms with Crippen LogP contribution < -0.4 is 21.7 Å². The summed E-state index contributed by atoms with van der Waals surface area (Å²) < 4.78 is 30.0. The predicted octanol–water partition coefficient (Wildman–Crippen LogP) is 0.657. The molecule has 0 aromatic heterocycles. The quantitative estimate of drug-likeness (QED) is 0.208. The van der Waals surface area contributed by atoms with Crippen LogP contribution in [0.5, 0.6) is 0 Å². The summed E-state index contributed by atoms with van der Waals surface area (Å²) in [5.74, 6) is -2.37. The van der Waals surface area contributed by atoms with Crippen molar-refractivity contribution < 1.29 is 27.4 Å². The maximum absolute atomic E-state index is 12.1. The Kier molecular flexibility index (Phi) is 10.8. The van der Waals surface area contributed by atoms with E-state index in [-0.39, 0.29) is 12.3 Å². The van der Waals surface area contributed by atoms with Gasteiger partial charge in [0.15, 0.2) is 0 Å². The molecule has 0 aliphatic heterocycles. The lowest BCUT2D eigenvalue weighted by atomic mass is 10.1. The minimum atomic E-state index is -4.26. The first-order valence-corrected chi connectivity index (χ1v) is 11.4. The molecule has 0 fully saturated rings. The fraction of sp³-hybridized carbons (Fsp3) is 0.526. The van der Waals surface area contributed by atoms with Gasteiger partial charge in [0.25, 0.3) is 16.0 Å². The topological polar surface area (TPSA) is 168 Å². The van der Waals surface area contributed by atoms with E-state index in [1.54, 1.807) is 12.1 Å². The normalized spacial score (nSPS) is 12.1. The third-order valence-electron chi connectivity index (χ3n) is 4.20. The Hall–Kier alpha value is -2.66. The lowest BCUT2D eigenvalue weighted by Gasteiger charge is -2.15. The maximum Gasteiger partial charge on any atom is 0.265 e. The van der Waals surface area contributed by atoms with Crippen LogP contribution in [0.3, 0.4) is 0 Å². The van der Waals surface area contributed by atoms with Gasteiger partial charge in [-0.05, 0) is 49.9 Å². The lowest BCUT2D eigenvalue weighted by Crippen LogP contribution is -2.44. The molecule has 0 saturated carbocycles. The number of carbonyl (C=O) groups is 3. The van der Waals surface area contributed by atoms with Crippen molar-refractivity contribution in [1.82, 2.24) is 10.6 Å². The lowest BCUT2D eigenvalue weighted by molar-refractivity contribution is -0.127. The van der Waals surface area contributed by atoms with Crippen molar-refractivity contribution in [3.05, 3.63) is 29.8 Å². The fourth-order valence-electron chi connectivity index (χ4n) is 2.56. The van der Waals surface area contributed by atoms with Gasteiger partial charge in [0.1, 0.15) is 6.04 Å². The summed E-state index contributed by atoms with van der Waals surface area (Å²) in [6.45, 7) is 3.31. The number of nitrogens with two attached hydrogens (primary N) is 1. The van der Waals surface area contributed by atoms with E-state index in [0.717, 1.165) is 18.7 Å². The first kappa shape index (κ1) is 25.4. The molecule has 6 N–H and O–H groups in total. The second-order valence-corrected chi connectivity index (χ2v) is 8.39. The maximum atomic E-state index is 12.1. The van der Waals surface area contributed by atoms with E-state index in [1.165, 1.54) is 0 Å². The summed E-state index contributed by atoms with van der Waals surface area (Å²) in [7, 11) is -4.26. The first-order valence-electron chi connectivity index (χ1n) is 9.78. The summed E-state index contributed by atoms with van der Waals surface area (Å²) in [6, 6.07) is 6.20. The molecule has 30 heavy (non-hydrogen) atoms. The Bertz CT molecular complexity index is 811. The first-order chi connectivity index (χ1) is 14.1. The smallest absolute Gasteiger partial charge is 0.265 e. The SMILES string of the molecule is CCCNc1ccc(C(=O)NCCCCC(NC(=O)CCS(=O)(=O)O)C(N)=O)cc1. The highest BCUT2D eigenvalue weighted by Gasteiger charge is 2.19. The zero-order valence-electron chi connectivity index (χ0n) is 17.0. The van der Waals surface area contributed by atoms with Gasteiger partial charge in [-0.1, -0.05) is 6.92 Å². The number of carbonyl (C=O) groups excluding carboxylic acids is 3. The monoisotopic (exact) mass is 442 g/mol. The third kappa shape index (κ3) is 10.8. The Morgan fingerprint density at radius 2 is 1.77 bits per heavy atom. The number of rotatable bonds is 14. The minimum absolute atomic E-state index is 0.206. The van der Waals surface area contributed by atoms with Gasteiger partial charge in [-0.15, -0.1) is 0 Å². The second kappa shape index (κ2) is 12.8.